The molecule has 0 amide bonds. The second-order valence-electron chi connectivity index (χ2n) is 8.91. The van der Waals surface area contributed by atoms with Gasteiger partial charge in [-0.1, -0.05) is 6.92 Å². The second kappa shape index (κ2) is 7.50. The Kier molecular flexibility index (Phi) is 5.23. The van der Waals surface area contributed by atoms with Crippen molar-refractivity contribution in [2.24, 2.45) is 23.2 Å². The van der Waals surface area contributed by atoms with Crippen LogP contribution in [0.2, 0.25) is 0 Å². The van der Waals surface area contributed by atoms with E-state index in [0.29, 0.717) is 22.3 Å². The SMILES string of the molecule is CCC(NC(=S)Nc1ccc(OC)c(OC)c1)C12CC3CC(CC(C3)C1)C2. The molecule has 4 aliphatic rings. The van der Waals surface area contributed by atoms with Crippen LogP contribution in [0.5, 0.6) is 11.5 Å². The van der Waals surface area contributed by atoms with Crippen LogP contribution in [0.25, 0.3) is 0 Å². The molecule has 4 aliphatic carbocycles. The Hall–Kier alpha value is -1.49. The lowest BCUT2D eigenvalue weighted by Gasteiger charge is -2.59. The number of methoxy groups -OCH3 is 2. The van der Waals surface area contributed by atoms with Gasteiger partial charge < -0.3 is 20.1 Å². The number of benzene rings is 1. The van der Waals surface area contributed by atoms with Crippen molar-refractivity contribution in [1.82, 2.24) is 5.32 Å². The molecule has 0 aliphatic heterocycles. The topological polar surface area (TPSA) is 42.5 Å². The first-order valence-electron chi connectivity index (χ1n) is 10.3. The van der Waals surface area contributed by atoms with E-state index in [0.717, 1.165) is 35.6 Å². The Morgan fingerprint density at radius 2 is 1.67 bits per heavy atom. The zero-order valence-electron chi connectivity index (χ0n) is 16.7. The first kappa shape index (κ1) is 18.9. The van der Waals surface area contributed by atoms with Crippen molar-refractivity contribution >= 4 is 23.0 Å². The lowest BCUT2D eigenvalue weighted by atomic mass is 9.47. The van der Waals surface area contributed by atoms with Gasteiger partial charge in [-0.15, -0.1) is 0 Å². The van der Waals surface area contributed by atoms with Crippen LogP contribution in [-0.4, -0.2) is 25.4 Å². The number of rotatable bonds is 6. The van der Waals surface area contributed by atoms with Crippen LogP contribution in [0, 0.1) is 23.2 Å². The number of hydrogen-bond donors (Lipinski definition) is 2. The van der Waals surface area contributed by atoms with Crippen molar-refractivity contribution in [3.8, 4) is 11.5 Å². The van der Waals surface area contributed by atoms with E-state index in [-0.39, 0.29) is 0 Å². The molecule has 1 aromatic carbocycles. The normalized spacial score (nSPS) is 32.0. The molecule has 0 heterocycles. The molecule has 0 spiro atoms. The summed E-state index contributed by atoms with van der Waals surface area (Å²) in [5.74, 6) is 4.30. The summed E-state index contributed by atoms with van der Waals surface area (Å²) < 4.78 is 10.7. The van der Waals surface area contributed by atoms with Crippen molar-refractivity contribution < 1.29 is 9.47 Å². The highest BCUT2D eigenvalue weighted by molar-refractivity contribution is 7.80. The third kappa shape index (κ3) is 3.63. The quantitative estimate of drug-likeness (QED) is 0.673. The minimum atomic E-state index is 0.451. The van der Waals surface area contributed by atoms with Crippen molar-refractivity contribution in [3.63, 3.8) is 0 Å². The zero-order valence-corrected chi connectivity index (χ0v) is 17.5. The van der Waals surface area contributed by atoms with Crippen LogP contribution < -0.4 is 20.1 Å². The Balaban J connectivity index is 1.44. The standard InChI is InChI=1S/C22H32N2O2S/c1-4-20(22-11-14-7-15(12-22)9-16(8-14)13-22)24-21(27)23-17-5-6-18(25-2)19(10-17)26-3/h5-6,10,14-16,20H,4,7-9,11-13H2,1-3H3,(H2,23,24,27). The Bertz CT molecular complexity index is 670. The third-order valence-electron chi connectivity index (χ3n) is 7.18. The van der Waals surface area contributed by atoms with E-state index in [1.165, 1.54) is 38.5 Å². The summed E-state index contributed by atoms with van der Waals surface area (Å²) >= 11 is 5.68. The highest BCUT2D eigenvalue weighted by atomic mass is 32.1. The maximum Gasteiger partial charge on any atom is 0.171 e. The summed E-state index contributed by atoms with van der Waals surface area (Å²) in [7, 11) is 3.30. The van der Waals surface area contributed by atoms with Gasteiger partial charge in [0.15, 0.2) is 16.6 Å². The highest BCUT2D eigenvalue weighted by Crippen LogP contribution is 2.61. The smallest absolute Gasteiger partial charge is 0.171 e. The Morgan fingerprint density at radius 3 is 2.19 bits per heavy atom. The molecule has 4 saturated carbocycles. The molecule has 4 bridgehead atoms. The molecule has 0 aromatic heterocycles. The van der Waals surface area contributed by atoms with Gasteiger partial charge in [0.2, 0.25) is 0 Å². The minimum absolute atomic E-state index is 0.451. The summed E-state index contributed by atoms with van der Waals surface area (Å²) in [6.07, 6.45) is 9.73. The average molecular weight is 389 g/mol. The molecule has 148 valence electrons. The fraction of sp³-hybridized carbons (Fsp3) is 0.682. The summed E-state index contributed by atoms with van der Waals surface area (Å²) in [5.41, 5.74) is 1.37. The van der Waals surface area contributed by atoms with Gasteiger partial charge in [0.25, 0.3) is 0 Å². The summed E-state index contributed by atoms with van der Waals surface area (Å²) in [6.45, 7) is 2.30. The van der Waals surface area contributed by atoms with Gasteiger partial charge in [-0.25, -0.2) is 0 Å². The molecule has 1 unspecified atom stereocenters. The number of thiocarbonyl (C=S) groups is 1. The molecule has 2 N–H and O–H groups in total. The van der Waals surface area contributed by atoms with Gasteiger partial charge in [0, 0.05) is 17.8 Å². The van der Waals surface area contributed by atoms with Crippen LogP contribution in [0.1, 0.15) is 51.9 Å². The first-order chi connectivity index (χ1) is 13.0. The van der Waals surface area contributed by atoms with Crippen molar-refractivity contribution in [2.75, 3.05) is 19.5 Å². The molecular formula is C22H32N2O2S. The minimum Gasteiger partial charge on any atom is -0.493 e. The molecule has 4 nitrogen and oxygen atoms in total. The Labute approximate surface area is 168 Å². The van der Waals surface area contributed by atoms with Gasteiger partial charge >= 0.3 is 0 Å². The van der Waals surface area contributed by atoms with Gasteiger partial charge in [0.1, 0.15) is 0 Å². The molecule has 1 aromatic rings. The average Bonchev–Trinajstić information content (AvgIpc) is 2.64. The van der Waals surface area contributed by atoms with Gasteiger partial charge in [0.05, 0.1) is 14.2 Å². The summed E-state index contributed by atoms with van der Waals surface area (Å²) in [6, 6.07) is 6.27. The molecular weight excluding hydrogens is 356 g/mol. The fourth-order valence-corrected chi connectivity index (χ4v) is 6.79. The largest absolute Gasteiger partial charge is 0.493 e. The van der Waals surface area contributed by atoms with Crippen LogP contribution in [0.3, 0.4) is 0 Å². The predicted molar refractivity (Wildman–Crippen MR) is 114 cm³/mol. The van der Waals surface area contributed by atoms with Crippen molar-refractivity contribution in [2.45, 2.75) is 57.9 Å². The van der Waals surface area contributed by atoms with Crippen LogP contribution in [-0.2, 0) is 0 Å². The summed E-state index contributed by atoms with van der Waals surface area (Å²) in [4.78, 5) is 0. The number of nitrogens with one attached hydrogen (secondary N) is 2. The van der Waals surface area contributed by atoms with E-state index in [1.807, 2.05) is 18.2 Å². The van der Waals surface area contributed by atoms with E-state index in [4.69, 9.17) is 21.7 Å². The lowest BCUT2D eigenvalue weighted by Crippen LogP contribution is -2.57. The van der Waals surface area contributed by atoms with Crippen LogP contribution >= 0.6 is 12.2 Å². The van der Waals surface area contributed by atoms with Gasteiger partial charge in [-0.2, -0.15) is 0 Å². The van der Waals surface area contributed by atoms with Crippen molar-refractivity contribution in [3.05, 3.63) is 18.2 Å². The van der Waals surface area contributed by atoms with E-state index in [1.54, 1.807) is 14.2 Å². The zero-order chi connectivity index (χ0) is 19.0. The fourth-order valence-electron chi connectivity index (χ4n) is 6.53. The maximum atomic E-state index is 5.68. The van der Waals surface area contributed by atoms with Crippen LogP contribution in [0.4, 0.5) is 5.69 Å². The van der Waals surface area contributed by atoms with E-state index in [2.05, 4.69) is 17.6 Å². The van der Waals surface area contributed by atoms with E-state index < -0.39 is 0 Å². The number of hydrogen-bond acceptors (Lipinski definition) is 3. The van der Waals surface area contributed by atoms with E-state index >= 15 is 0 Å². The first-order valence-corrected chi connectivity index (χ1v) is 10.8. The molecule has 5 heteroatoms. The number of ether oxygens (including phenoxy) is 2. The molecule has 4 fully saturated rings. The molecule has 1 atom stereocenters. The highest BCUT2D eigenvalue weighted by Gasteiger charge is 2.53. The monoisotopic (exact) mass is 388 g/mol. The molecule has 0 radical (unpaired) electrons. The molecule has 0 saturated heterocycles. The third-order valence-corrected chi connectivity index (χ3v) is 7.40. The van der Waals surface area contributed by atoms with Crippen molar-refractivity contribution in [1.29, 1.82) is 0 Å². The second-order valence-corrected chi connectivity index (χ2v) is 9.32. The molecule has 5 rings (SSSR count). The summed E-state index contributed by atoms with van der Waals surface area (Å²) in [5, 5.41) is 7.75. The lowest BCUT2D eigenvalue weighted by molar-refractivity contribution is -0.0709. The Morgan fingerprint density at radius 1 is 1.07 bits per heavy atom. The number of anilines is 1. The van der Waals surface area contributed by atoms with Gasteiger partial charge in [-0.3, -0.25) is 0 Å². The predicted octanol–water partition coefficient (Wildman–Crippen LogP) is 4.99. The van der Waals surface area contributed by atoms with E-state index in [9.17, 15) is 0 Å². The van der Waals surface area contributed by atoms with Crippen LogP contribution in [0.15, 0.2) is 18.2 Å². The molecule has 27 heavy (non-hydrogen) atoms. The maximum absolute atomic E-state index is 5.68. The van der Waals surface area contributed by atoms with Gasteiger partial charge in [-0.05, 0) is 92.5 Å².